The van der Waals surface area contributed by atoms with E-state index >= 15 is 0 Å². The first kappa shape index (κ1) is 24.1. The Balaban J connectivity index is 1.54. The van der Waals surface area contributed by atoms with Gasteiger partial charge in [0.2, 0.25) is 5.91 Å². The first-order valence-corrected chi connectivity index (χ1v) is 10.7. The quantitative estimate of drug-likeness (QED) is 0.322. The molecule has 1 N–H and O–H groups in total. The van der Waals surface area contributed by atoms with Gasteiger partial charge in [0.15, 0.2) is 0 Å². The maximum absolute atomic E-state index is 13.9. The molecule has 0 spiro atoms. The van der Waals surface area contributed by atoms with E-state index in [9.17, 15) is 26.7 Å². The lowest BCUT2D eigenvalue weighted by molar-refractivity contribution is -0.137. The highest BCUT2D eigenvalue weighted by Crippen LogP contribution is 2.31. The van der Waals surface area contributed by atoms with E-state index in [2.05, 4.69) is 10.4 Å². The molecule has 0 radical (unpaired) electrons. The smallest absolute Gasteiger partial charge is 0.352 e. The Morgan fingerprint density at radius 2 is 1.66 bits per heavy atom. The standard InChI is InChI=1S/C26H20F5N3O/c27-20-6-3-5-17(14-20)24-15-21(10-13-25(35)32-16-18-4-1-2-7-23(18)28)33-34(24)22-11-8-19(9-12-22)26(29,30)31/h1-9,11-12,14-15H,10,13,16H2,(H,32,35). The number of nitrogens with zero attached hydrogens (tertiary/aromatic N) is 2. The van der Waals surface area contributed by atoms with Gasteiger partial charge in [0, 0.05) is 30.5 Å². The third-order valence-corrected chi connectivity index (χ3v) is 5.36. The summed E-state index contributed by atoms with van der Waals surface area (Å²) in [5.41, 5.74) is 1.35. The van der Waals surface area contributed by atoms with Crippen molar-refractivity contribution in [2.45, 2.75) is 25.6 Å². The van der Waals surface area contributed by atoms with Crippen molar-refractivity contribution in [1.29, 1.82) is 0 Å². The lowest BCUT2D eigenvalue weighted by Crippen LogP contribution is -2.23. The number of rotatable bonds is 7. The van der Waals surface area contributed by atoms with Crippen LogP contribution in [0.4, 0.5) is 22.0 Å². The van der Waals surface area contributed by atoms with Crippen LogP contribution in [0.3, 0.4) is 0 Å². The molecule has 4 nitrogen and oxygen atoms in total. The molecule has 3 aromatic carbocycles. The lowest BCUT2D eigenvalue weighted by atomic mass is 10.1. The maximum atomic E-state index is 13.9. The van der Waals surface area contributed by atoms with Gasteiger partial charge in [0.25, 0.3) is 0 Å². The van der Waals surface area contributed by atoms with Crippen molar-refractivity contribution in [3.05, 3.63) is 107 Å². The van der Waals surface area contributed by atoms with Crippen molar-refractivity contribution < 1.29 is 26.7 Å². The van der Waals surface area contributed by atoms with E-state index in [4.69, 9.17) is 0 Å². The van der Waals surface area contributed by atoms with Crippen molar-refractivity contribution in [2.75, 3.05) is 0 Å². The zero-order valence-electron chi connectivity index (χ0n) is 18.3. The van der Waals surface area contributed by atoms with E-state index in [0.717, 1.165) is 12.1 Å². The molecule has 35 heavy (non-hydrogen) atoms. The van der Waals surface area contributed by atoms with Crippen LogP contribution >= 0.6 is 0 Å². The molecule has 0 aliphatic rings. The summed E-state index contributed by atoms with van der Waals surface area (Å²) >= 11 is 0. The SMILES string of the molecule is O=C(CCc1cc(-c2cccc(F)c2)n(-c2ccc(C(F)(F)F)cc2)n1)NCc1ccccc1F. The van der Waals surface area contributed by atoms with Crippen LogP contribution < -0.4 is 5.32 Å². The fourth-order valence-corrected chi connectivity index (χ4v) is 3.56. The summed E-state index contributed by atoms with van der Waals surface area (Å²) in [6, 6.07) is 18.0. The van der Waals surface area contributed by atoms with Gasteiger partial charge in [-0.25, -0.2) is 13.5 Å². The van der Waals surface area contributed by atoms with E-state index in [1.807, 2.05) is 0 Å². The fourth-order valence-electron chi connectivity index (χ4n) is 3.56. The second-order valence-corrected chi connectivity index (χ2v) is 7.86. The van der Waals surface area contributed by atoms with Crippen LogP contribution in [0.1, 0.15) is 23.2 Å². The normalized spacial score (nSPS) is 11.5. The number of amides is 1. The molecule has 0 fully saturated rings. The zero-order valence-corrected chi connectivity index (χ0v) is 18.3. The number of alkyl halides is 3. The molecule has 1 amide bonds. The van der Waals surface area contributed by atoms with Crippen LogP contribution in [-0.4, -0.2) is 15.7 Å². The molecule has 1 aromatic heterocycles. The predicted octanol–water partition coefficient (Wildman–Crippen LogP) is 6.09. The minimum Gasteiger partial charge on any atom is -0.352 e. The molecular weight excluding hydrogens is 465 g/mol. The van der Waals surface area contributed by atoms with Crippen LogP contribution in [0.2, 0.25) is 0 Å². The van der Waals surface area contributed by atoms with Crippen LogP contribution in [-0.2, 0) is 23.9 Å². The summed E-state index contributed by atoms with van der Waals surface area (Å²) in [6.07, 6.45) is -4.20. The first-order valence-electron chi connectivity index (χ1n) is 10.7. The number of benzene rings is 3. The van der Waals surface area contributed by atoms with Crippen LogP contribution in [0, 0.1) is 11.6 Å². The largest absolute Gasteiger partial charge is 0.416 e. The van der Waals surface area contributed by atoms with Gasteiger partial charge >= 0.3 is 6.18 Å². The van der Waals surface area contributed by atoms with Crippen LogP contribution in [0.25, 0.3) is 16.9 Å². The molecule has 0 atom stereocenters. The summed E-state index contributed by atoms with van der Waals surface area (Å²) < 4.78 is 67.9. The number of carbonyl (C=O) groups is 1. The Morgan fingerprint density at radius 1 is 0.914 bits per heavy atom. The average Bonchev–Trinajstić information content (AvgIpc) is 3.26. The minimum absolute atomic E-state index is 0.0417. The summed E-state index contributed by atoms with van der Waals surface area (Å²) in [4.78, 5) is 12.3. The number of hydrogen-bond acceptors (Lipinski definition) is 2. The van der Waals surface area contributed by atoms with E-state index in [-0.39, 0.29) is 25.3 Å². The van der Waals surface area contributed by atoms with Crippen molar-refractivity contribution >= 4 is 5.91 Å². The average molecular weight is 485 g/mol. The van der Waals surface area contributed by atoms with Crippen molar-refractivity contribution in [1.82, 2.24) is 15.1 Å². The van der Waals surface area contributed by atoms with Gasteiger partial charge in [0.1, 0.15) is 11.6 Å². The summed E-state index contributed by atoms with van der Waals surface area (Å²) in [5, 5.41) is 7.11. The summed E-state index contributed by atoms with van der Waals surface area (Å²) in [7, 11) is 0. The van der Waals surface area contributed by atoms with E-state index in [0.29, 0.717) is 28.2 Å². The van der Waals surface area contributed by atoms with Gasteiger partial charge in [-0.05, 0) is 48.5 Å². The predicted molar refractivity (Wildman–Crippen MR) is 121 cm³/mol. The van der Waals surface area contributed by atoms with Gasteiger partial charge in [0.05, 0.1) is 22.6 Å². The zero-order chi connectivity index (χ0) is 25.0. The minimum atomic E-state index is -4.48. The van der Waals surface area contributed by atoms with Gasteiger partial charge < -0.3 is 5.32 Å². The summed E-state index contributed by atoms with van der Waals surface area (Å²) in [5.74, 6) is -1.20. The molecule has 9 heteroatoms. The van der Waals surface area contributed by atoms with E-state index < -0.39 is 23.4 Å². The van der Waals surface area contributed by atoms with E-state index in [1.165, 1.54) is 41.1 Å². The van der Waals surface area contributed by atoms with Gasteiger partial charge in [-0.15, -0.1) is 0 Å². The van der Waals surface area contributed by atoms with Crippen molar-refractivity contribution in [2.24, 2.45) is 0 Å². The highest BCUT2D eigenvalue weighted by molar-refractivity contribution is 5.76. The number of carbonyl (C=O) groups excluding carboxylic acids is 1. The number of aromatic nitrogens is 2. The Labute approximate surface area is 198 Å². The number of halogens is 5. The molecule has 0 saturated carbocycles. The van der Waals surface area contributed by atoms with Gasteiger partial charge in [-0.2, -0.15) is 18.3 Å². The van der Waals surface area contributed by atoms with Crippen molar-refractivity contribution in [3.8, 4) is 16.9 Å². The molecule has 0 bridgehead atoms. The molecule has 1 heterocycles. The number of hydrogen-bond donors (Lipinski definition) is 1. The van der Waals surface area contributed by atoms with Crippen molar-refractivity contribution in [3.63, 3.8) is 0 Å². The van der Waals surface area contributed by atoms with E-state index in [1.54, 1.807) is 30.3 Å². The Bertz CT molecular complexity index is 1330. The molecule has 0 aliphatic heterocycles. The first-order chi connectivity index (χ1) is 16.7. The van der Waals surface area contributed by atoms with Crippen LogP contribution in [0.15, 0.2) is 78.9 Å². The highest BCUT2D eigenvalue weighted by Gasteiger charge is 2.30. The number of aryl methyl sites for hydroxylation is 1. The Morgan fingerprint density at radius 3 is 2.34 bits per heavy atom. The molecule has 180 valence electrons. The second-order valence-electron chi connectivity index (χ2n) is 7.86. The fraction of sp³-hybridized carbons (Fsp3) is 0.154. The molecule has 0 unspecified atom stereocenters. The molecule has 4 rings (SSSR count). The lowest BCUT2D eigenvalue weighted by Gasteiger charge is -2.10. The van der Waals surface area contributed by atoms with Gasteiger partial charge in [-0.1, -0.05) is 30.3 Å². The Kier molecular flexibility index (Phi) is 6.95. The van der Waals surface area contributed by atoms with Crippen LogP contribution in [0.5, 0.6) is 0 Å². The number of nitrogens with one attached hydrogen (secondary N) is 1. The maximum Gasteiger partial charge on any atom is 0.416 e. The van der Waals surface area contributed by atoms with Gasteiger partial charge in [-0.3, -0.25) is 4.79 Å². The molecule has 0 saturated heterocycles. The monoisotopic (exact) mass is 485 g/mol. The molecular formula is C26H20F5N3O. The topological polar surface area (TPSA) is 46.9 Å². The Hall–Kier alpha value is -4.01. The summed E-state index contributed by atoms with van der Waals surface area (Å²) in [6.45, 7) is 0.0417. The third kappa shape index (κ3) is 5.92. The highest BCUT2D eigenvalue weighted by atomic mass is 19.4. The second kappa shape index (κ2) is 10.1. The molecule has 0 aliphatic carbocycles. The third-order valence-electron chi connectivity index (χ3n) is 5.36. The molecule has 4 aromatic rings.